The summed E-state index contributed by atoms with van der Waals surface area (Å²) in [7, 11) is 0. The fourth-order valence-electron chi connectivity index (χ4n) is 3.15. The molecule has 24 heavy (non-hydrogen) atoms. The van der Waals surface area contributed by atoms with E-state index in [1.165, 1.54) is 0 Å². The van der Waals surface area contributed by atoms with E-state index in [1.54, 1.807) is 4.68 Å². The van der Waals surface area contributed by atoms with Crippen LogP contribution in [0.4, 0.5) is 0 Å². The highest BCUT2D eigenvalue weighted by molar-refractivity contribution is 6.31. The fraction of sp³-hybridized carbons (Fsp3) is 0.444. The van der Waals surface area contributed by atoms with Gasteiger partial charge in [-0.05, 0) is 52.0 Å². The second-order valence-electron chi connectivity index (χ2n) is 6.41. The van der Waals surface area contributed by atoms with Crippen molar-refractivity contribution in [1.82, 2.24) is 14.7 Å². The second kappa shape index (κ2) is 6.57. The van der Waals surface area contributed by atoms with Crippen molar-refractivity contribution < 1.29 is 9.53 Å². The quantitative estimate of drug-likeness (QED) is 0.836. The van der Waals surface area contributed by atoms with Gasteiger partial charge in [0.15, 0.2) is 0 Å². The summed E-state index contributed by atoms with van der Waals surface area (Å²) in [6, 6.07) is 7.48. The van der Waals surface area contributed by atoms with Crippen molar-refractivity contribution in [2.75, 3.05) is 13.1 Å². The molecule has 0 saturated carbocycles. The van der Waals surface area contributed by atoms with Gasteiger partial charge < -0.3 is 9.64 Å². The molecule has 2 heterocycles. The monoisotopic (exact) mass is 347 g/mol. The SMILES string of the molecule is Cc1nn(-c2ccc(C(=O)N3CC(C)OC(C)C3)cc2)c(C)c1Cl. The number of halogens is 1. The number of aryl methyl sites for hydroxylation is 1. The van der Waals surface area contributed by atoms with Gasteiger partial charge in [-0.15, -0.1) is 0 Å². The van der Waals surface area contributed by atoms with E-state index in [2.05, 4.69) is 5.10 Å². The number of amides is 1. The summed E-state index contributed by atoms with van der Waals surface area (Å²) >= 11 is 6.20. The van der Waals surface area contributed by atoms with Crippen LogP contribution in [-0.4, -0.2) is 45.9 Å². The molecule has 2 atom stereocenters. The van der Waals surface area contributed by atoms with E-state index in [-0.39, 0.29) is 18.1 Å². The largest absolute Gasteiger partial charge is 0.372 e. The number of aromatic nitrogens is 2. The molecule has 6 heteroatoms. The number of carbonyl (C=O) groups excluding carboxylic acids is 1. The topological polar surface area (TPSA) is 47.4 Å². The highest BCUT2D eigenvalue weighted by Crippen LogP contribution is 2.23. The van der Waals surface area contributed by atoms with E-state index >= 15 is 0 Å². The van der Waals surface area contributed by atoms with Crippen molar-refractivity contribution >= 4 is 17.5 Å². The molecule has 1 aromatic heterocycles. The van der Waals surface area contributed by atoms with Crippen LogP contribution >= 0.6 is 11.6 Å². The van der Waals surface area contributed by atoms with Crippen LogP contribution in [0.15, 0.2) is 24.3 Å². The maximum Gasteiger partial charge on any atom is 0.254 e. The van der Waals surface area contributed by atoms with Crippen LogP contribution in [0.3, 0.4) is 0 Å². The minimum Gasteiger partial charge on any atom is -0.372 e. The molecule has 0 spiro atoms. The minimum absolute atomic E-state index is 0.0370. The molecule has 0 radical (unpaired) electrons. The summed E-state index contributed by atoms with van der Waals surface area (Å²) in [6.45, 7) is 9.04. The van der Waals surface area contributed by atoms with Crippen molar-refractivity contribution in [2.45, 2.75) is 39.9 Å². The molecule has 1 saturated heterocycles. The molecule has 1 amide bonds. The maximum absolute atomic E-state index is 12.7. The summed E-state index contributed by atoms with van der Waals surface area (Å²) in [6.07, 6.45) is 0.127. The number of hydrogen-bond donors (Lipinski definition) is 0. The molecular formula is C18H22ClN3O2. The normalized spacial score (nSPS) is 21.1. The van der Waals surface area contributed by atoms with Gasteiger partial charge in [0, 0.05) is 18.7 Å². The van der Waals surface area contributed by atoms with Crippen molar-refractivity contribution in [3.63, 3.8) is 0 Å². The summed E-state index contributed by atoms with van der Waals surface area (Å²) in [5.74, 6) is 0.0370. The van der Waals surface area contributed by atoms with Crippen LogP contribution in [0.5, 0.6) is 0 Å². The average Bonchev–Trinajstić information content (AvgIpc) is 2.81. The Balaban J connectivity index is 1.81. The van der Waals surface area contributed by atoms with E-state index in [0.717, 1.165) is 17.1 Å². The van der Waals surface area contributed by atoms with Gasteiger partial charge in [0.25, 0.3) is 5.91 Å². The Morgan fingerprint density at radius 3 is 2.25 bits per heavy atom. The molecule has 1 fully saturated rings. The molecule has 3 rings (SSSR count). The number of benzene rings is 1. The molecule has 1 aromatic carbocycles. The second-order valence-corrected chi connectivity index (χ2v) is 6.79. The Morgan fingerprint density at radius 1 is 1.17 bits per heavy atom. The first kappa shape index (κ1) is 17.0. The number of morpholine rings is 1. The number of ether oxygens (including phenoxy) is 1. The fourth-order valence-corrected chi connectivity index (χ4v) is 3.26. The van der Waals surface area contributed by atoms with Gasteiger partial charge in [-0.1, -0.05) is 11.6 Å². The number of nitrogens with zero attached hydrogens (tertiary/aromatic N) is 3. The lowest BCUT2D eigenvalue weighted by atomic mass is 10.1. The summed E-state index contributed by atoms with van der Waals surface area (Å²) in [5, 5.41) is 5.11. The Morgan fingerprint density at radius 2 is 1.75 bits per heavy atom. The maximum atomic E-state index is 12.7. The van der Waals surface area contributed by atoms with Gasteiger partial charge in [-0.3, -0.25) is 4.79 Å². The molecule has 128 valence electrons. The Bertz CT molecular complexity index is 744. The zero-order valence-electron chi connectivity index (χ0n) is 14.4. The van der Waals surface area contributed by atoms with Crippen molar-refractivity contribution in [3.8, 4) is 5.69 Å². The third kappa shape index (κ3) is 3.19. The van der Waals surface area contributed by atoms with Gasteiger partial charge in [0.2, 0.25) is 0 Å². The Hall–Kier alpha value is -1.85. The average molecular weight is 348 g/mol. The van der Waals surface area contributed by atoms with Gasteiger partial charge in [-0.25, -0.2) is 4.68 Å². The molecule has 0 N–H and O–H groups in total. The van der Waals surface area contributed by atoms with Crippen LogP contribution in [-0.2, 0) is 4.74 Å². The predicted octanol–water partition coefficient (Wildman–Crippen LogP) is 3.39. The Kier molecular flexibility index (Phi) is 4.65. The smallest absolute Gasteiger partial charge is 0.254 e. The molecule has 1 aliphatic rings. The molecular weight excluding hydrogens is 326 g/mol. The molecule has 0 bridgehead atoms. The van der Waals surface area contributed by atoms with Crippen molar-refractivity contribution in [2.24, 2.45) is 0 Å². The molecule has 0 aliphatic carbocycles. The molecule has 2 unspecified atom stereocenters. The summed E-state index contributed by atoms with van der Waals surface area (Å²) in [4.78, 5) is 14.5. The van der Waals surface area contributed by atoms with Crippen LogP contribution in [0, 0.1) is 13.8 Å². The van der Waals surface area contributed by atoms with E-state index in [1.807, 2.05) is 56.9 Å². The highest BCUT2D eigenvalue weighted by Gasteiger charge is 2.26. The van der Waals surface area contributed by atoms with Gasteiger partial charge in [0.05, 0.1) is 34.3 Å². The standard InChI is InChI=1S/C18H22ClN3O2/c1-11-9-21(10-12(2)24-11)18(23)15-5-7-16(8-6-15)22-14(4)17(19)13(3)20-22/h5-8,11-12H,9-10H2,1-4H3. The van der Waals surface area contributed by atoms with Crippen LogP contribution in [0.2, 0.25) is 5.02 Å². The highest BCUT2D eigenvalue weighted by atomic mass is 35.5. The lowest BCUT2D eigenvalue weighted by molar-refractivity contribution is -0.0586. The Labute approximate surface area is 147 Å². The number of rotatable bonds is 2. The van der Waals surface area contributed by atoms with E-state index < -0.39 is 0 Å². The predicted molar refractivity (Wildman–Crippen MR) is 94.0 cm³/mol. The van der Waals surface area contributed by atoms with E-state index in [4.69, 9.17) is 16.3 Å². The first-order chi connectivity index (χ1) is 11.4. The third-order valence-electron chi connectivity index (χ3n) is 4.27. The first-order valence-electron chi connectivity index (χ1n) is 8.13. The van der Waals surface area contributed by atoms with Crippen LogP contribution in [0.25, 0.3) is 5.69 Å². The summed E-state index contributed by atoms with van der Waals surface area (Å²) < 4.78 is 7.48. The van der Waals surface area contributed by atoms with Gasteiger partial charge >= 0.3 is 0 Å². The molecule has 1 aliphatic heterocycles. The number of hydrogen-bond acceptors (Lipinski definition) is 3. The van der Waals surface area contributed by atoms with Crippen molar-refractivity contribution in [3.05, 3.63) is 46.2 Å². The zero-order valence-corrected chi connectivity index (χ0v) is 15.2. The minimum atomic E-state index is 0.0370. The van der Waals surface area contributed by atoms with E-state index in [9.17, 15) is 4.79 Å². The molecule has 2 aromatic rings. The van der Waals surface area contributed by atoms with Gasteiger partial charge in [-0.2, -0.15) is 5.10 Å². The number of carbonyl (C=O) groups is 1. The third-order valence-corrected chi connectivity index (χ3v) is 4.82. The lowest BCUT2D eigenvalue weighted by Crippen LogP contribution is -2.48. The zero-order chi connectivity index (χ0) is 17.4. The van der Waals surface area contributed by atoms with E-state index in [0.29, 0.717) is 23.7 Å². The lowest BCUT2D eigenvalue weighted by Gasteiger charge is -2.35. The molecule has 5 nitrogen and oxygen atoms in total. The van der Waals surface area contributed by atoms with Gasteiger partial charge in [0.1, 0.15) is 0 Å². The van der Waals surface area contributed by atoms with Crippen molar-refractivity contribution in [1.29, 1.82) is 0 Å². The summed E-state index contributed by atoms with van der Waals surface area (Å²) in [5.41, 5.74) is 3.25. The van der Waals surface area contributed by atoms with Crippen LogP contribution in [0.1, 0.15) is 35.6 Å². The van der Waals surface area contributed by atoms with Crippen LogP contribution < -0.4 is 0 Å². The first-order valence-corrected chi connectivity index (χ1v) is 8.51.